The highest BCUT2D eigenvalue weighted by molar-refractivity contribution is 5.48. The topological polar surface area (TPSA) is 61.7 Å². The van der Waals surface area contributed by atoms with Gasteiger partial charge >= 0.3 is 0 Å². The summed E-state index contributed by atoms with van der Waals surface area (Å²) < 4.78 is 6.36. The Kier molecular flexibility index (Phi) is 4.16. The van der Waals surface area contributed by atoms with Crippen molar-refractivity contribution in [3.05, 3.63) is 46.8 Å². The van der Waals surface area contributed by atoms with Crippen molar-refractivity contribution in [2.75, 3.05) is 0 Å². The molecule has 2 fully saturated rings. The van der Waals surface area contributed by atoms with Crippen LogP contribution >= 0.6 is 0 Å². The maximum atomic E-state index is 10.9. The summed E-state index contributed by atoms with van der Waals surface area (Å²) in [5.41, 5.74) is 5.12. The zero-order valence-electron chi connectivity index (χ0n) is 19.3. The van der Waals surface area contributed by atoms with Gasteiger partial charge in [-0.15, -0.1) is 0 Å². The molecule has 0 aromatic rings. The van der Waals surface area contributed by atoms with Crippen molar-refractivity contribution in [2.24, 2.45) is 28.6 Å². The fourth-order valence-corrected chi connectivity index (χ4v) is 8.35. The number of nitrogens with one attached hydrogen (secondary N) is 1. The Balaban J connectivity index is 1.39. The lowest BCUT2D eigenvalue weighted by Gasteiger charge is -2.62. The Bertz CT molecular complexity index is 937. The molecule has 0 bridgehead atoms. The van der Waals surface area contributed by atoms with Crippen molar-refractivity contribution in [3.8, 4) is 0 Å². The van der Waals surface area contributed by atoms with Gasteiger partial charge in [0.2, 0.25) is 0 Å². The maximum Gasteiger partial charge on any atom is 0.116 e. The monoisotopic (exact) mass is 423 g/mol. The van der Waals surface area contributed by atoms with Gasteiger partial charge in [0.25, 0.3) is 0 Å². The van der Waals surface area contributed by atoms with Crippen LogP contribution in [-0.2, 0) is 4.74 Å². The van der Waals surface area contributed by atoms with E-state index in [1.165, 1.54) is 36.2 Å². The van der Waals surface area contributed by atoms with Crippen molar-refractivity contribution < 1.29 is 14.9 Å². The number of aliphatic hydroxyl groups excluding tert-OH is 1. The summed E-state index contributed by atoms with van der Waals surface area (Å²) >= 11 is 0. The minimum absolute atomic E-state index is 0.0268. The average Bonchev–Trinajstić information content (AvgIpc) is 3.22. The van der Waals surface area contributed by atoms with Gasteiger partial charge in [0.05, 0.1) is 11.7 Å². The number of ether oxygens (including phenoxy) is 1. The van der Waals surface area contributed by atoms with Gasteiger partial charge in [-0.2, -0.15) is 0 Å². The molecule has 6 rings (SSSR count). The van der Waals surface area contributed by atoms with Gasteiger partial charge in [0, 0.05) is 22.7 Å². The molecule has 0 saturated heterocycles. The number of rotatable bonds is 1. The predicted molar refractivity (Wildman–Crippen MR) is 121 cm³/mol. The van der Waals surface area contributed by atoms with Crippen molar-refractivity contribution in [1.29, 1.82) is 0 Å². The van der Waals surface area contributed by atoms with Crippen LogP contribution in [0.4, 0.5) is 0 Å². The lowest BCUT2D eigenvalue weighted by atomic mass is 9.44. The Labute approximate surface area is 186 Å². The fraction of sp³-hybridized carbons (Fsp3) is 0.704. The number of fused-ring (bicyclic) bond motifs is 8. The van der Waals surface area contributed by atoms with E-state index in [-0.39, 0.29) is 16.9 Å². The molecule has 2 heterocycles. The molecule has 6 aliphatic rings. The Morgan fingerprint density at radius 1 is 1.19 bits per heavy atom. The summed E-state index contributed by atoms with van der Waals surface area (Å²) in [6.45, 7) is 8.52. The van der Waals surface area contributed by atoms with Crippen LogP contribution in [0.25, 0.3) is 0 Å². The normalized spacial score (nSPS) is 48.1. The Morgan fingerprint density at radius 3 is 2.77 bits per heavy atom. The predicted octanol–water partition coefficient (Wildman–Crippen LogP) is 4.37. The number of aliphatic hydroxyl groups is 2. The van der Waals surface area contributed by atoms with Crippen molar-refractivity contribution in [3.63, 3.8) is 0 Å². The molecule has 2 saturated carbocycles. The van der Waals surface area contributed by atoms with E-state index < -0.39 is 17.8 Å². The van der Waals surface area contributed by atoms with Crippen molar-refractivity contribution >= 4 is 0 Å². The highest BCUT2D eigenvalue weighted by Gasteiger charge is 2.65. The van der Waals surface area contributed by atoms with Crippen LogP contribution in [0.3, 0.4) is 0 Å². The largest absolute Gasteiger partial charge is 0.388 e. The standard InChI is InChI=1S/C27H37NO3/c1-25(2,30)24-21(29)14-18-19-10-9-15-13-17-16-7-5-6-8-20(16)28-23(17)27(15,4)26(19,3)12-11-22(18)31-24/h5-6,8,14-16,19,21-22,24,28-30H,7,9-13H2,1-4H3/t15?,16?,19?,21?,22?,24?,26-,27+/m0/s1. The van der Waals surface area contributed by atoms with Gasteiger partial charge in [-0.05, 0) is 86.8 Å². The molecule has 4 aliphatic carbocycles. The maximum absolute atomic E-state index is 10.9. The smallest absolute Gasteiger partial charge is 0.116 e. The molecule has 3 N–H and O–H groups in total. The number of hydrogen-bond acceptors (Lipinski definition) is 4. The fourth-order valence-electron chi connectivity index (χ4n) is 8.35. The molecule has 0 amide bonds. The summed E-state index contributed by atoms with van der Waals surface area (Å²) in [7, 11) is 0. The van der Waals surface area contributed by atoms with Crippen LogP contribution in [0.15, 0.2) is 46.8 Å². The van der Waals surface area contributed by atoms with Gasteiger partial charge in [0.15, 0.2) is 0 Å². The third-order valence-corrected chi connectivity index (χ3v) is 10.1. The summed E-state index contributed by atoms with van der Waals surface area (Å²) in [5.74, 6) is 1.69. The Morgan fingerprint density at radius 2 is 2.00 bits per heavy atom. The van der Waals surface area contributed by atoms with E-state index in [9.17, 15) is 10.2 Å². The van der Waals surface area contributed by atoms with Crippen molar-refractivity contribution in [2.45, 2.75) is 90.1 Å². The van der Waals surface area contributed by atoms with Gasteiger partial charge in [0.1, 0.15) is 12.2 Å². The first-order valence-corrected chi connectivity index (χ1v) is 12.3. The van der Waals surface area contributed by atoms with Crippen LogP contribution in [0, 0.1) is 28.6 Å². The molecule has 31 heavy (non-hydrogen) atoms. The van der Waals surface area contributed by atoms with Crippen molar-refractivity contribution in [1.82, 2.24) is 5.32 Å². The molecule has 8 atom stereocenters. The number of allylic oxidation sites excluding steroid dienone is 5. The van der Waals surface area contributed by atoms with Gasteiger partial charge in [-0.3, -0.25) is 0 Å². The summed E-state index contributed by atoms with van der Waals surface area (Å²) in [6, 6.07) is 0. The second-order valence-electron chi connectivity index (χ2n) is 11.9. The lowest BCUT2D eigenvalue weighted by molar-refractivity contribution is -0.174. The first-order chi connectivity index (χ1) is 14.6. The lowest BCUT2D eigenvalue weighted by Crippen LogP contribution is -2.59. The molecular formula is C27H37NO3. The molecule has 4 heteroatoms. The molecule has 0 radical (unpaired) electrons. The SMILES string of the molecule is CC(C)(O)C1OC2CC[C@@]3(C)C(CCC4CC5=C(NC6=CC=CCC65)[C@@]43C)C2=CC1O. The van der Waals surface area contributed by atoms with Crippen LogP contribution in [0.5, 0.6) is 0 Å². The molecule has 0 spiro atoms. The van der Waals surface area contributed by atoms with Crippen LogP contribution in [0.2, 0.25) is 0 Å². The third kappa shape index (κ3) is 2.53. The molecule has 168 valence electrons. The second kappa shape index (κ2) is 6.36. The van der Waals surface area contributed by atoms with Crippen LogP contribution in [0.1, 0.15) is 66.2 Å². The zero-order valence-corrected chi connectivity index (χ0v) is 19.3. The van der Waals surface area contributed by atoms with Crippen LogP contribution in [-0.4, -0.2) is 34.1 Å². The highest BCUT2D eigenvalue weighted by atomic mass is 16.5. The molecular weight excluding hydrogens is 386 g/mol. The van der Waals surface area contributed by atoms with E-state index in [1.807, 2.05) is 0 Å². The summed E-state index contributed by atoms with van der Waals surface area (Å²) in [6.07, 6.45) is 14.4. The molecule has 2 aliphatic heterocycles. The quantitative estimate of drug-likeness (QED) is 0.548. The Hall–Kier alpha value is -1.36. The average molecular weight is 424 g/mol. The van der Waals surface area contributed by atoms with Gasteiger partial charge in [-0.1, -0.05) is 32.1 Å². The van der Waals surface area contributed by atoms with Crippen LogP contribution < -0.4 is 5.32 Å². The molecule has 6 unspecified atom stereocenters. The van der Waals surface area contributed by atoms with E-state index in [1.54, 1.807) is 19.4 Å². The first kappa shape index (κ1) is 20.3. The first-order valence-electron chi connectivity index (χ1n) is 12.3. The summed E-state index contributed by atoms with van der Waals surface area (Å²) in [5, 5.41) is 25.3. The molecule has 0 aromatic heterocycles. The zero-order chi connectivity index (χ0) is 21.8. The molecule has 0 aromatic carbocycles. The van der Waals surface area contributed by atoms with E-state index >= 15 is 0 Å². The minimum atomic E-state index is -1.05. The highest BCUT2D eigenvalue weighted by Crippen LogP contribution is 2.71. The second-order valence-corrected chi connectivity index (χ2v) is 11.9. The minimum Gasteiger partial charge on any atom is -0.388 e. The molecule has 4 nitrogen and oxygen atoms in total. The van der Waals surface area contributed by atoms with E-state index in [4.69, 9.17) is 4.74 Å². The van der Waals surface area contributed by atoms with Gasteiger partial charge in [-0.25, -0.2) is 0 Å². The van der Waals surface area contributed by atoms with E-state index in [0.717, 1.165) is 19.3 Å². The van der Waals surface area contributed by atoms with E-state index in [0.29, 0.717) is 17.8 Å². The van der Waals surface area contributed by atoms with E-state index in [2.05, 4.69) is 43.5 Å². The number of hydrogen-bond donors (Lipinski definition) is 3. The van der Waals surface area contributed by atoms with Gasteiger partial charge < -0.3 is 20.3 Å². The summed E-state index contributed by atoms with van der Waals surface area (Å²) in [4.78, 5) is 0. The third-order valence-electron chi connectivity index (χ3n) is 10.1.